The van der Waals surface area contributed by atoms with Crippen molar-refractivity contribution in [1.29, 1.82) is 0 Å². The van der Waals surface area contributed by atoms with E-state index >= 15 is 0 Å². The summed E-state index contributed by atoms with van der Waals surface area (Å²) in [5.74, 6) is 1.29. The fourth-order valence-corrected chi connectivity index (χ4v) is 5.00. The molecule has 5 nitrogen and oxygen atoms in total. The van der Waals surface area contributed by atoms with Gasteiger partial charge in [0.05, 0.1) is 0 Å². The molecule has 6 heteroatoms. The molecule has 3 unspecified atom stereocenters. The van der Waals surface area contributed by atoms with Gasteiger partial charge in [-0.1, -0.05) is 13.8 Å². The molecule has 2 rings (SSSR count). The summed E-state index contributed by atoms with van der Waals surface area (Å²) in [6, 6.07) is 0. The third kappa shape index (κ3) is 3.29. The first-order chi connectivity index (χ1) is 8.95. The second-order valence-electron chi connectivity index (χ2n) is 6.23. The van der Waals surface area contributed by atoms with E-state index in [0.29, 0.717) is 50.5 Å². The number of nitrogens with zero attached hydrogens (tertiary/aromatic N) is 2. The minimum atomic E-state index is -3.27. The van der Waals surface area contributed by atoms with Gasteiger partial charge in [0.2, 0.25) is 0 Å². The first-order valence-electron chi connectivity index (χ1n) is 7.40. The molecule has 0 aromatic carbocycles. The number of nitrogens with two attached hydrogens (primary N) is 1. The average Bonchev–Trinajstić information content (AvgIpc) is 2.39. The molecule has 3 atom stereocenters. The van der Waals surface area contributed by atoms with E-state index < -0.39 is 10.2 Å². The van der Waals surface area contributed by atoms with E-state index in [1.54, 1.807) is 8.61 Å². The zero-order chi connectivity index (χ0) is 14.0. The molecule has 0 saturated carbocycles. The topological polar surface area (TPSA) is 66.6 Å². The molecule has 112 valence electrons. The van der Waals surface area contributed by atoms with Gasteiger partial charge in [-0.15, -0.1) is 0 Å². The standard InChI is InChI=1S/C13H27N3O2S/c1-11-4-3-6-15(9-11)19(17,18)16-7-5-12(2)13(8-14)10-16/h11-13H,3-10,14H2,1-2H3. The zero-order valence-corrected chi connectivity index (χ0v) is 12.9. The Labute approximate surface area is 117 Å². The monoisotopic (exact) mass is 289 g/mol. The minimum Gasteiger partial charge on any atom is -0.330 e. The molecule has 0 amide bonds. The van der Waals surface area contributed by atoms with Gasteiger partial charge in [0, 0.05) is 26.2 Å². The van der Waals surface area contributed by atoms with Crippen LogP contribution in [0.25, 0.3) is 0 Å². The number of rotatable bonds is 3. The van der Waals surface area contributed by atoms with Crippen LogP contribution >= 0.6 is 0 Å². The molecule has 0 radical (unpaired) electrons. The highest BCUT2D eigenvalue weighted by molar-refractivity contribution is 7.86. The molecule has 2 heterocycles. The molecular formula is C13H27N3O2S. The van der Waals surface area contributed by atoms with Crippen molar-refractivity contribution in [3.8, 4) is 0 Å². The third-order valence-electron chi connectivity index (χ3n) is 4.65. The fraction of sp³-hybridized carbons (Fsp3) is 1.00. The Morgan fingerprint density at radius 2 is 1.79 bits per heavy atom. The molecular weight excluding hydrogens is 262 g/mol. The van der Waals surface area contributed by atoms with Gasteiger partial charge in [0.25, 0.3) is 10.2 Å². The van der Waals surface area contributed by atoms with E-state index in [2.05, 4.69) is 13.8 Å². The van der Waals surface area contributed by atoms with Gasteiger partial charge >= 0.3 is 0 Å². The van der Waals surface area contributed by atoms with Crippen LogP contribution in [0.1, 0.15) is 33.1 Å². The Balaban J connectivity index is 2.07. The highest BCUT2D eigenvalue weighted by atomic mass is 32.2. The lowest BCUT2D eigenvalue weighted by molar-refractivity contribution is 0.184. The Kier molecular flexibility index (Phi) is 4.87. The molecule has 0 aromatic heterocycles. The highest BCUT2D eigenvalue weighted by Gasteiger charge is 2.37. The largest absolute Gasteiger partial charge is 0.330 e. The van der Waals surface area contributed by atoms with Crippen LogP contribution < -0.4 is 5.73 Å². The van der Waals surface area contributed by atoms with Crippen LogP contribution in [0.4, 0.5) is 0 Å². The van der Waals surface area contributed by atoms with Crippen molar-refractivity contribution in [3.05, 3.63) is 0 Å². The SMILES string of the molecule is CC1CCCN(S(=O)(=O)N2CCC(C)C(CN)C2)C1. The predicted octanol–water partition coefficient (Wildman–Crippen LogP) is 0.880. The van der Waals surface area contributed by atoms with Gasteiger partial charge in [0.1, 0.15) is 0 Å². The number of hydrogen-bond donors (Lipinski definition) is 1. The molecule has 0 bridgehead atoms. The lowest BCUT2D eigenvalue weighted by atomic mass is 9.88. The van der Waals surface area contributed by atoms with Gasteiger partial charge in [-0.25, -0.2) is 0 Å². The third-order valence-corrected chi connectivity index (χ3v) is 6.62. The van der Waals surface area contributed by atoms with Crippen molar-refractivity contribution in [2.45, 2.75) is 33.1 Å². The molecule has 2 fully saturated rings. The van der Waals surface area contributed by atoms with E-state index in [1.165, 1.54) is 0 Å². The Morgan fingerprint density at radius 1 is 1.11 bits per heavy atom. The van der Waals surface area contributed by atoms with Crippen molar-refractivity contribution in [2.75, 3.05) is 32.7 Å². The van der Waals surface area contributed by atoms with Crippen molar-refractivity contribution >= 4 is 10.2 Å². The quantitative estimate of drug-likeness (QED) is 0.838. The molecule has 2 aliphatic heterocycles. The van der Waals surface area contributed by atoms with Crippen molar-refractivity contribution in [1.82, 2.24) is 8.61 Å². The van der Waals surface area contributed by atoms with Crippen molar-refractivity contribution in [3.63, 3.8) is 0 Å². The smallest absolute Gasteiger partial charge is 0.281 e. The van der Waals surface area contributed by atoms with E-state index in [1.807, 2.05) is 0 Å². The second kappa shape index (κ2) is 6.08. The van der Waals surface area contributed by atoms with Crippen LogP contribution in [0, 0.1) is 17.8 Å². The van der Waals surface area contributed by atoms with Crippen molar-refractivity contribution < 1.29 is 8.42 Å². The van der Waals surface area contributed by atoms with Gasteiger partial charge < -0.3 is 5.73 Å². The number of hydrogen-bond acceptors (Lipinski definition) is 3. The van der Waals surface area contributed by atoms with Crippen LogP contribution in [-0.2, 0) is 10.2 Å². The van der Waals surface area contributed by atoms with Crippen molar-refractivity contribution in [2.24, 2.45) is 23.5 Å². The van der Waals surface area contributed by atoms with Crippen LogP contribution in [-0.4, -0.2) is 49.8 Å². The maximum atomic E-state index is 12.7. The highest BCUT2D eigenvalue weighted by Crippen LogP contribution is 2.27. The summed E-state index contributed by atoms with van der Waals surface area (Å²) in [7, 11) is -3.27. The van der Waals surface area contributed by atoms with Gasteiger partial charge in [-0.05, 0) is 43.6 Å². The van der Waals surface area contributed by atoms with Gasteiger partial charge in [-0.2, -0.15) is 17.0 Å². The average molecular weight is 289 g/mol. The summed E-state index contributed by atoms with van der Waals surface area (Å²) in [6.45, 7) is 7.44. The summed E-state index contributed by atoms with van der Waals surface area (Å²) in [5, 5.41) is 0. The normalized spacial score (nSPS) is 35.4. The zero-order valence-electron chi connectivity index (χ0n) is 12.1. The lowest BCUT2D eigenvalue weighted by Gasteiger charge is -2.40. The van der Waals surface area contributed by atoms with E-state index in [0.717, 1.165) is 19.3 Å². The van der Waals surface area contributed by atoms with Crippen LogP contribution in [0.3, 0.4) is 0 Å². The Bertz CT molecular complexity index is 399. The fourth-order valence-electron chi connectivity index (χ4n) is 3.15. The molecule has 19 heavy (non-hydrogen) atoms. The predicted molar refractivity (Wildman–Crippen MR) is 76.8 cm³/mol. The summed E-state index contributed by atoms with van der Waals surface area (Å²) in [4.78, 5) is 0. The lowest BCUT2D eigenvalue weighted by Crippen LogP contribution is -2.52. The summed E-state index contributed by atoms with van der Waals surface area (Å²) < 4.78 is 28.7. The van der Waals surface area contributed by atoms with E-state index in [9.17, 15) is 8.42 Å². The minimum absolute atomic E-state index is 0.297. The molecule has 2 N–H and O–H groups in total. The number of piperidine rings is 2. The first kappa shape index (κ1) is 15.2. The Hall–Kier alpha value is -0.170. The van der Waals surface area contributed by atoms with E-state index in [-0.39, 0.29) is 0 Å². The van der Waals surface area contributed by atoms with Crippen LogP contribution in [0.5, 0.6) is 0 Å². The maximum Gasteiger partial charge on any atom is 0.281 e. The first-order valence-corrected chi connectivity index (χ1v) is 8.80. The Morgan fingerprint density at radius 3 is 2.42 bits per heavy atom. The van der Waals surface area contributed by atoms with Crippen LogP contribution in [0.2, 0.25) is 0 Å². The van der Waals surface area contributed by atoms with Gasteiger partial charge in [0.15, 0.2) is 0 Å². The van der Waals surface area contributed by atoms with Crippen LogP contribution in [0.15, 0.2) is 0 Å². The molecule has 2 aliphatic rings. The molecule has 0 aliphatic carbocycles. The van der Waals surface area contributed by atoms with Gasteiger partial charge in [-0.3, -0.25) is 0 Å². The maximum absolute atomic E-state index is 12.7. The summed E-state index contributed by atoms with van der Waals surface area (Å²) in [6.07, 6.45) is 3.03. The molecule has 0 aromatic rings. The van der Waals surface area contributed by atoms with E-state index in [4.69, 9.17) is 5.73 Å². The molecule has 0 spiro atoms. The summed E-state index contributed by atoms with van der Waals surface area (Å²) in [5.41, 5.74) is 5.76. The second-order valence-corrected chi connectivity index (χ2v) is 8.16. The summed E-state index contributed by atoms with van der Waals surface area (Å²) >= 11 is 0. The molecule has 2 saturated heterocycles.